The Kier molecular flexibility index (Phi) is 3.94. The van der Waals surface area contributed by atoms with Gasteiger partial charge in [0.2, 0.25) is 0 Å². The molecule has 2 aromatic rings. The van der Waals surface area contributed by atoms with Gasteiger partial charge in [-0.3, -0.25) is 0 Å². The second-order valence-corrected chi connectivity index (χ2v) is 4.19. The monoisotopic (exact) mass is 303 g/mol. The summed E-state index contributed by atoms with van der Waals surface area (Å²) in [6.07, 6.45) is -4.77. The summed E-state index contributed by atoms with van der Waals surface area (Å²) in [4.78, 5) is 0. The molecule has 0 bridgehead atoms. The van der Waals surface area contributed by atoms with Crippen LogP contribution >= 0.6 is 11.6 Å². The van der Waals surface area contributed by atoms with E-state index < -0.39 is 12.1 Å². The molecule has 0 radical (unpaired) electrons. The number of rotatable bonds is 3. The molecule has 7 heteroatoms. The van der Waals surface area contributed by atoms with Gasteiger partial charge in [0.25, 0.3) is 0 Å². The fourth-order valence-corrected chi connectivity index (χ4v) is 1.64. The number of hydrogen-bond acceptors (Lipinski definition) is 3. The van der Waals surface area contributed by atoms with Gasteiger partial charge < -0.3 is 15.2 Å². The van der Waals surface area contributed by atoms with Gasteiger partial charge in [-0.05, 0) is 24.3 Å². The van der Waals surface area contributed by atoms with E-state index in [4.69, 9.17) is 22.1 Å². The maximum absolute atomic E-state index is 12.1. The first kappa shape index (κ1) is 14.3. The van der Waals surface area contributed by atoms with E-state index in [9.17, 15) is 13.2 Å². The molecular formula is C13H9ClF3NO2. The number of anilines is 1. The van der Waals surface area contributed by atoms with Crippen LogP contribution in [0.3, 0.4) is 0 Å². The largest absolute Gasteiger partial charge is 0.573 e. The molecule has 0 amide bonds. The van der Waals surface area contributed by atoms with E-state index in [1.807, 2.05) is 0 Å². The molecule has 0 saturated heterocycles. The topological polar surface area (TPSA) is 44.5 Å². The van der Waals surface area contributed by atoms with Crippen molar-refractivity contribution in [1.82, 2.24) is 0 Å². The van der Waals surface area contributed by atoms with Gasteiger partial charge in [0.05, 0.1) is 10.7 Å². The van der Waals surface area contributed by atoms with Gasteiger partial charge in [-0.1, -0.05) is 23.7 Å². The molecular weight excluding hydrogens is 295 g/mol. The second kappa shape index (κ2) is 5.50. The lowest BCUT2D eigenvalue weighted by Gasteiger charge is -2.12. The second-order valence-electron chi connectivity index (χ2n) is 3.78. The third-order valence-corrected chi connectivity index (χ3v) is 2.58. The van der Waals surface area contributed by atoms with Crippen molar-refractivity contribution < 1.29 is 22.6 Å². The average molecular weight is 304 g/mol. The summed E-state index contributed by atoms with van der Waals surface area (Å²) in [6, 6.07) is 10.1. The van der Waals surface area contributed by atoms with E-state index >= 15 is 0 Å². The Morgan fingerprint density at radius 2 is 1.70 bits per heavy atom. The molecule has 2 aromatic carbocycles. The maximum Gasteiger partial charge on any atom is 0.573 e. The van der Waals surface area contributed by atoms with Crippen LogP contribution in [-0.4, -0.2) is 6.36 Å². The average Bonchev–Trinajstić information content (AvgIpc) is 2.33. The lowest BCUT2D eigenvalue weighted by Crippen LogP contribution is -2.17. The van der Waals surface area contributed by atoms with E-state index in [1.165, 1.54) is 6.07 Å². The Morgan fingerprint density at radius 1 is 1.00 bits per heavy atom. The van der Waals surface area contributed by atoms with Crippen LogP contribution in [0, 0.1) is 0 Å². The Bertz CT molecular complexity index is 617. The van der Waals surface area contributed by atoms with Crippen molar-refractivity contribution in [1.29, 1.82) is 0 Å². The Morgan fingerprint density at radius 3 is 2.30 bits per heavy atom. The molecule has 0 aliphatic heterocycles. The molecule has 20 heavy (non-hydrogen) atoms. The normalized spacial score (nSPS) is 11.2. The molecule has 0 aliphatic carbocycles. The molecule has 0 heterocycles. The molecule has 0 unspecified atom stereocenters. The van der Waals surface area contributed by atoms with Gasteiger partial charge in [-0.25, -0.2) is 0 Å². The number of halogens is 4. The highest BCUT2D eigenvalue weighted by Crippen LogP contribution is 2.35. The fourth-order valence-electron chi connectivity index (χ4n) is 1.46. The van der Waals surface area contributed by atoms with Crippen LogP contribution in [0.25, 0.3) is 0 Å². The smallest absolute Gasteiger partial charge is 0.454 e. The molecule has 0 fully saturated rings. The quantitative estimate of drug-likeness (QED) is 0.842. The van der Waals surface area contributed by atoms with Crippen molar-refractivity contribution >= 4 is 17.3 Å². The van der Waals surface area contributed by atoms with Crippen LogP contribution in [0.4, 0.5) is 18.9 Å². The van der Waals surface area contributed by atoms with Crippen LogP contribution in [0.5, 0.6) is 17.2 Å². The first-order valence-corrected chi connectivity index (χ1v) is 5.80. The molecule has 0 saturated carbocycles. The van der Waals surface area contributed by atoms with Gasteiger partial charge in [-0.2, -0.15) is 0 Å². The predicted octanol–water partition coefficient (Wildman–Crippen LogP) is 4.61. The van der Waals surface area contributed by atoms with E-state index in [0.717, 1.165) is 12.1 Å². The number of nitrogen functional groups attached to an aromatic ring is 1. The number of alkyl halides is 3. The molecule has 2 rings (SSSR count). The van der Waals surface area contributed by atoms with Crippen LogP contribution in [0.15, 0.2) is 42.5 Å². The summed E-state index contributed by atoms with van der Waals surface area (Å²) in [5, 5.41) is 0.363. The Hall–Kier alpha value is -2.08. The van der Waals surface area contributed by atoms with Crippen molar-refractivity contribution in [3.8, 4) is 17.2 Å². The van der Waals surface area contributed by atoms with E-state index in [2.05, 4.69) is 4.74 Å². The molecule has 3 nitrogen and oxygen atoms in total. The summed E-state index contributed by atoms with van der Waals surface area (Å²) < 4.78 is 45.4. The minimum absolute atomic E-state index is 0.00618. The van der Waals surface area contributed by atoms with Crippen molar-refractivity contribution in [3.05, 3.63) is 47.5 Å². The number of ether oxygens (including phenoxy) is 2. The number of hydrogen-bond donors (Lipinski definition) is 1. The first-order chi connectivity index (χ1) is 9.35. The Balaban J connectivity index is 2.20. The minimum Gasteiger partial charge on any atom is -0.454 e. The van der Waals surface area contributed by atoms with Gasteiger partial charge in [0.1, 0.15) is 11.5 Å². The highest BCUT2D eigenvalue weighted by atomic mass is 35.5. The summed E-state index contributed by atoms with van der Waals surface area (Å²) in [5.74, 6) is 0.125. The van der Waals surface area contributed by atoms with Crippen molar-refractivity contribution in [2.24, 2.45) is 0 Å². The van der Waals surface area contributed by atoms with Crippen molar-refractivity contribution in [3.63, 3.8) is 0 Å². The number of benzene rings is 2. The molecule has 0 aromatic heterocycles. The summed E-state index contributed by atoms with van der Waals surface area (Å²) >= 11 is 5.91. The van der Waals surface area contributed by atoms with Crippen LogP contribution < -0.4 is 15.2 Å². The highest BCUT2D eigenvalue weighted by molar-refractivity contribution is 6.32. The van der Waals surface area contributed by atoms with Crippen LogP contribution in [-0.2, 0) is 0 Å². The van der Waals surface area contributed by atoms with Gasteiger partial charge in [0, 0.05) is 6.07 Å². The van der Waals surface area contributed by atoms with E-state index in [0.29, 0.717) is 10.8 Å². The molecule has 0 spiro atoms. The summed E-state index contributed by atoms with van der Waals surface area (Å²) in [6.45, 7) is 0. The lowest BCUT2D eigenvalue weighted by molar-refractivity contribution is -0.274. The molecule has 2 N–H and O–H groups in total. The standard InChI is InChI=1S/C13H9ClF3NO2/c14-9-3-1-2-4-11(9)19-12-6-5-8(7-10(12)18)20-13(15,16)17/h1-7H,18H2. The minimum atomic E-state index is -4.77. The molecule has 0 atom stereocenters. The summed E-state index contributed by atoms with van der Waals surface area (Å²) in [5.41, 5.74) is 5.63. The van der Waals surface area contributed by atoms with E-state index in [1.54, 1.807) is 24.3 Å². The zero-order valence-corrected chi connectivity index (χ0v) is 10.7. The first-order valence-electron chi connectivity index (χ1n) is 5.43. The van der Waals surface area contributed by atoms with Gasteiger partial charge >= 0.3 is 6.36 Å². The zero-order chi connectivity index (χ0) is 14.8. The maximum atomic E-state index is 12.1. The number of nitrogens with two attached hydrogens (primary N) is 1. The summed E-state index contributed by atoms with van der Waals surface area (Å²) in [7, 11) is 0. The van der Waals surface area contributed by atoms with Gasteiger partial charge in [0.15, 0.2) is 5.75 Å². The third-order valence-electron chi connectivity index (χ3n) is 2.27. The highest BCUT2D eigenvalue weighted by Gasteiger charge is 2.31. The predicted molar refractivity (Wildman–Crippen MR) is 69.1 cm³/mol. The van der Waals surface area contributed by atoms with Crippen molar-refractivity contribution in [2.75, 3.05) is 5.73 Å². The molecule has 0 aliphatic rings. The SMILES string of the molecule is Nc1cc(OC(F)(F)F)ccc1Oc1ccccc1Cl. The zero-order valence-electron chi connectivity index (χ0n) is 9.95. The fraction of sp³-hybridized carbons (Fsp3) is 0.0769. The number of para-hydroxylation sites is 1. The third kappa shape index (κ3) is 3.71. The van der Waals surface area contributed by atoms with Crippen molar-refractivity contribution in [2.45, 2.75) is 6.36 Å². The Labute approximate surface area is 117 Å². The lowest BCUT2D eigenvalue weighted by atomic mass is 10.2. The van der Waals surface area contributed by atoms with Crippen LogP contribution in [0.1, 0.15) is 0 Å². The van der Waals surface area contributed by atoms with Gasteiger partial charge in [-0.15, -0.1) is 13.2 Å². The van der Waals surface area contributed by atoms with E-state index in [-0.39, 0.29) is 11.4 Å². The van der Waals surface area contributed by atoms with Crippen LogP contribution in [0.2, 0.25) is 5.02 Å². The molecule has 106 valence electrons.